The molecule has 5 heteroatoms. The molecule has 1 aliphatic heterocycles. The van der Waals surface area contributed by atoms with Crippen LogP contribution in [0.25, 0.3) is 0 Å². The van der Waals surface area contributed by atoms with Gasteiger partial charge in [0.2, 0.25) is 0 Å². The predicted molar refractivity (Wildman–Crippen MR) is 64.8 cm³/mol. The van der Waals surface area contributed by atoms with E-state index in [1.807, 2.05) is 0 Å². The Morgan fingerprint density at radius 1 is 1.07 bits per heavy atom. The number of hydrogen-bond donors (Lipinski definition) is 0. The molecule has 1 aliphatic carbocycles. The highest BCUT2D eigenvalue weighted by atomic mass is 35.6. The minimum Gasteiger partial charge on any atom is -0.246 e. The fourth-order valence-electron chi connectivity index (χ4n) is 2.19. The number of allylic oxidation sites excluding steroid dienone is 2. The van der Waals surface area contributed by atoms with Gasteiger partial charge in [-0.15, -0.1) is 0 Å². The third-order valence-corrected chi connectivity index (χ3v) is 4.20. The summed E-state index contributed by atoms with van der Waals surface area (Å²) in [7, 11) is 0. The monoisotopic (exact) mass is 271 g/mol. The van der Waals surface area contributed by atoms with Crippen molar-refractivity contribution in [3.8, 4) is 0 Å². The smallest absolute Gasteiger partial charge is 0.246 e. The lowest BCUT2D eigenvalue weighted by Crippen LogP contribution is -2.16. The number of alkyl halides is 3. The quantitative estimate of drug-likeness (QED) is 0.405. The molecule has 2 unspecified atom stereocenters. The van der Waals surface area contributed by atoms with Crippen LogP contribution in [0.5, 0.6) is 0 Å². The van der Waals surface area contributed by atoms with E-state index >= 15 is 0 Å². The van der Waals surface area contributed by atoms with E-state index in [1.54, 1.807) is 0 Å². The van der Waals surface area contributed by atoms with Crippen molar-refractivity contribution in [2.24, 2.45) is 11.8 Å². The second-order valence-corrected chi connectivity index (χ2v) is 8.11. The summed E-state index contributed by atoms with van der Waals surface area (Å²) in [5.41, 5.74) is 0. The molecule has 0 saturated carbocycles. The molecule has 80 valence electrons. The number of rotatable bonds is 1. The molecule has 2 rings (SSSR count). The van der Waals surface area contributed by atoms with Gasteiger partial charge in [0.15, 0.2) is 0 Å². The van der Waals surface area contributed by atoms with Crippen LogP contribution in [0.15, 0.2) is 12.2 Å². The van der Waals surface area contributed by atoms with Crippen LogP contribution >= 0.6 is 46.8 Å². The van der Waals surface area contributed by atoms with Gasteiger partial charge >= 0.3 is 0 Å². The van der Waals surface area contributed by atoms with Gasteiger partial charge in [-0.3, -0.25) is 0 Å². The van der Waals surface area contributed by atoms with Crippen molar-refractivity contribution in [2.45, 2.75) is 16.0 Å². The second-order valence-electron chi connectivity index (χ2n) is 3.85. The van der Waals surface area contributed by atoms with Gasteiger partial charge in [-0.2, -0.15) is 0 Å². The van der Waals surface area contributed by atoms with Gasteiger partial charge in [0.1, 0.15) is 0 Å². The molecule has 0 aromatic heterocycles. The highest BCUT2D eigenvalue weighted by Gasteiger charge is 2.36. The van der Waals surface area contributed by atoms with Crippen molar-refractivity contribution in [3.63, 3.8) is 0 Å². The van der Waals surface area contributed by atoms with Crippen molar-refractivity contribution in [1.29, 1.82) is 0 Å². The Balaban J connectivity index is 1.89. The van der Waals surface area contributed by atoms with Gasteiger partial charge in [-0.25, -0.2) is 4.31 Å². The second kappa shape index (κ2) is 4.42. The third kappa shape index (κ3) is 2.96. The summed E-state index contributed by atoms with van der Waals surface area (Å²) in [6.07, 6.45) is 6.90. The Morgan fingerprint density at radius 3 is 2.00 bits per heavy atom. The van der Waals surface area contributed by atoms with Gasteiger partial charge in [0.25, 0.3) is 3.12 Å². The van der Waals surface area contributed by atoms with E-state index in [9.17, 15) is 0 Å². The number of halogens is 3. The van der Waals surface area contributed by atoms with Crippen molar-refractivity contribution >= 4 is 46.8 Å². The van der Waals surface area contributed by atoms with Crippen LogP contribution in [-0.2, 0) is 0 Å². The zero-order valence-electron chi connectivity index (χ0n) is 7.63. The van der Waals surface area contributed by atoms with Gasteiger partial charge in [0.05, 0.1) is 0 Å². The lowest BCUT2D eigenvalue weighted by atomic mass is 9.86. The van der Waals surface area contributed by atoms with Gasteiger partial charge < -0.3 is 0 Å². The molecule has 0 aromatic rings. The summed E-state index contributed by atoms with van der Waals surface area (Å²) in [6, 6.07) is 0. The first-order valence-electron chi connectivity index (χ1n) is 4.70. The Kier molecular flexibility index (Phi) is 3.60. The van der Waals surface area contributed by atoms with E-state index in [0.29, 0.717) is 0 Å². The number of fused-ring (bicyclic) bond motifs is 1. The Hall–Kier alpha value is 0.920. The zero-order chi connectivity index (χ0) is 10.2. The van der Waals surface area contributed by atoms with E-state index in [1.165, 1.54) is 24.8 Å². The van der Waals surface area contributed by atoms with Gasteiger partial charge in [-0.05, 0) is 36.6 Å². The maximum atomic E-state index is 5.75. The fourth-order valence-corrected chi connectivity index (χ4v) is 3.90. The fraction of sp³-hybridized carbons (Fsp3) is 0.778. The van der Waals surface area contributed by atoms with Gasteiger partial charge in [0, 0.05) is 13.1 Å². The topological polar surface area (TPSA) is 3.24 Å². The van der Waals surface area contributed by atoms with Crippen LogP contribution in [0.3, 0.4) is 0 Å². The van der Waals surface area contributed by atoms with E-state index in [-0.39, 0.29) is 0 Å². The highest BCUT2D eigenvalue weighted by molar-refractivity contribution is 8.02. The molecule has 2 aliphatic rings. The van der Waals surface area contributed by atoms with Crippen LogP contribution in [0.2, 0.25) is 0 Å². The third-order valence-electron chi connectivity index (χ3n) is 2.82. The molecule has 0 amide bonds. The Bertz CT molecular complexity index is 223. The summed E-state index contributed by atoms with van der Waals surface area (Å²) >= 11 is 18.6. The molecule has 2 atom stereocenters. The molecule has 1 saturated heterocycles. The SMILES string of the molecule is ClC(Cl)(Cl)SN1CC2CC=CCC2C1. The minimum absolute atomic E-state index is 0.764. The normalized spacial score (nSPS) is 33.4. The van der Waals surface area contributed by atoms with Crippen LogP contribution in [0, 0.1) is 11.8 Å². The summed E-state index contributed by atoms with van der Waals surface area (Å²) in [4.78, 5) is 0. The summed E-state index contributed by atoms with van der Waals surface area (Å²) < 4.78 is 0.982. The molecule has 0 N–H and O–H groups in total. The van der Waals surface area contributed by atoms with E-state index < -0.39 is 3.12 Å². The molecule has 0 radical (unpaired) electrons. The molecular formula is C9H12Cl3NS. The first kappa shape index (κ1) is 11.4. The predicted octanol–water partition coefficient (Wildman–Crippen LogP) is 3.86. The Morgan fingerprint density at radius 2 is 1.57 bits per heavy atom. The summed E-state index contributed by atoms with van der Waals surface area (Å²) in [6.45, 7) is 2.10. The van der Waals surface area contributed by atoms with Crippen molar-refractivity contribution in [2.75, 3.05) is 13.1 Å². The molecule has 1 nitrogen and oxygen atoms in total. The first-order chi connectivity index (χ1) is 6.54. The van der Waals surface area contributed by atoms with Crippen LogP contribution in [0.4, 0.5) is 0 Å². The minimum atomic E-state index is -1.21. The van der Waals surface area contributed by atoms with E-state index in [4.69, 9.17) is 34.8 Å². The average molecular weight is 273 g/mol. The molecule has 1 heterocycles. The van der Waals surface area contributed by atoms with Crippen molar-refractivity contribution in [1.82, 2.24) is 4.31 Å². The lowest BCUT2D eigenvalue weighted by molar-refractivity contribution is 0.411. The lowest BCUT2D eigenvalue weighted by Gasteiger charge is -2.19. The van der Waals surface area contributed by atoms with Crippen LogP contribution in [-0.4, -0.2) is 20.5 Å². The van der Waals surface area contributed by atoms with Gasteiger partial charge in [-0.1, -0.05) is 47.0 Å². The van der Waals surface area contributed by atoms with Crippen LogP contribution < -0.4 is 0 Å². The molecule has 0 bridgehead atoms. The summed E-state index contributed by atoms with van der Waals surface area (Å²) in [5.74, 6) is 1.53. The maximum Gasteiger partial charge on any atom is 0.251 e. The van der Waals surface area contributed by atoms with Crippen molar-refractivity contribution in [3.05, 3.63) is 12.2 Å². The number of hydrogen-bond acceptors (Lipinski definition) is 2. The number of nitrogens with zero attached hydrogens (tertiary/aromatic N) is 1. The standard InChI is InChI=1S/C9H12Cl3NS/c10-9(11,12)14-13-5-7-3-1-2-4-8(7)6-13/h1-2,7-8H,3-6H2. The van der Waals surface area contributed by atoms with Crippen molar-refractivity contribution < 1.29 is 0 Å². The van der Waals surface area contributed by atoms with E-state index in [2.05, 4.69) is 16.5 Å². The molecule has 1 fully saturated rings. The molecule has 0 aromatic carbocycles. The maximum absolute atomic E-state index is 5.75. The summed E-state index contributed by atoms with van der Waals surface area (Å²) in [5, 5.41) is 0. The molecule has 14 heavy (non-hydrogen) atoms. The molecule has 0 spiro atoms. The first-order valence-corrected chi connectivity index (χ1v) is 6.61. The average Bonchev–Trinajstić information content (AvgIpc) is 2.42. The Labute approximate surface area is 104 Å². The largest absolute Gasteiger partial charge is 0.251 e. The van der Waals surface area contributed by atoms with Crippen LogP contribution in [0.1, 0.15) is 12.8 Å². The van der Waals surface area contributed by atoms with E-state index in [0.717, 1.165) is 24.9 Å². The zero-order valence-corrected chi connectivity index (χ0v) is 10.7. The highest BCUT2D eigenvalue weighted by Crippen LogP contribution is 2.45. The molecular weight excluding hydrogens is 261 g/mol.